The number of nitrogens with zero attached hydrogens (tertiary/aromatic N) is 3. The van der Waals surface area contributed by atoms with E-state index >= 15 is 0 Å². The van der Waals surface area contributed by atoms with E-state index in [1.54, 1.807) is 11.3 Å². The molecule has 0 radical (unpaired) electrons. The summed E-state index contributed by atoms with van der Waals surface area (Å²) in [7, 11) is 0. The first-order valence-corrected chi connectivity index (χ1v) is 10.1. The highest BCUT2D eigenvalue weighted by Crippen LogP contribution is 2.32. The minimum Gasteiger partial charge on any atom is -0.377 e. The zero-order chi connectivity index (χ0) is 19.0. The van der Waals surface area contributed by atoms with E-state index in [2.05, 4.69) is 23.1 Å². The van der Waals surface area contributed by atoms with Crippen molar-refractivity contribution in [3.63, 3.8) is 0 Å². The van der Waals surface area contributed by atoms with Crippen LogP contribution in [0.3, 0.4) is 0 Å². The van der Waals surface area contributed by atoms with Gasteiger partial charge in [-0.05, 0) is 51.8 Å². The molecule has 0 aliphatic carbocycles. The van der Waals surface area contributed by atoms with Crippen molar-refractivity contribution in [1.82, 2.24) is 15.0 Å². The van der Waals surface area contributed by atoms with Crippen molar-refractivity contribution in [1.29, 1.82) is 0 Å². The highest BCUT2D eigenvalue weighted by atomic mass is 32.1. The lowest BCUT2D eigenvalue weighted by Crippen LogP contribution is -2.43. The lowest BCUT2D eigenvalue weighted by Gasteiger charge is -2.32. The normalized spacial score (nSPS) is 17.6. The van der Waals surface area contributed by atoms with Crippen LogP contribution in [-0.4, -0.2) is 46.7 Å². The van der Waals surface area contributed by atoms with E-state index in [1.165, 1.54) is 4.88 Å². The van der Waals surface area contributed by atoms with Crippen molar-refractivity contribution < 1.29 is 14.1 Å². The van der Waals surface area contributed by atoms with Gasteiger partial charge in [0.05, 0.1) is 33.3 Å². The molecule has 7 heteroatoms. The molecule has 1 atom stereocenters. The number of carbonyl (C=O) groups is 1. The summed E-state index contributed by atoms with van der Waals surface area (Å²) in [5, 5.41) is 4.74. The second-order valence-corrected chi connectivity index (χ2v) is 8.17. The van der Waals surface area contributed by atoms with Crippen molar-refractivity contribution in [3.8, 4) is 10.6 Å². The molecular formula is C20H23N3O3S. The second kappa shape index (κ2) is 7.40. The lowest BCUT2D eigenvalue weighted by molar-refractivity contribution is 0.00731. The molecule has 3 aromatic rings. The number of piperidine rings is 1. The summed E-state index contributed by atoms with van der Waals surface area (Å²) in [6, 6.07) is 5.96. The van der Waals surface area contributed by atoms with Crippen LogP contribution in [0.2, 0.25) is 0 Å². The van der Waals surface area contributed by atoms with Gasteiger partial charge in [0, 0.05) is 24.6 Å². The highest BCUT2D eigenvalue weighted by molar-refractivity contribution is 7.15. The van der Waals surface area contributed by atoms with Crippen molar-refractivity contribution in [2.75, 3.05) is 19.7 Å². The molecule has 4 rings (SSSR count). The summed E-state index contributed by atoms with van der Waals surface area (Å²) in [5.41, 5.74) is 2.46. The van der Waals surface area contributed by atoms with Crippen LogP contribution in [0, 0.1) is 13.8 Å². The molecule has 0 N–H and O–H groups in total. The fraction of sp³-hybridized carbons (Fsp3) is 0.450. The molecule has 1 aliphatic heterocycles. The van der Waals surface area contributed by atoms with Crippen LogP contribution in [0.4, 0.5) is 0 Å². The molecule has 4 heterocycles. The fourth-order valence-electron chi connectivity index (χ4n) is 3.63. The molecule has 0 bridgehead atoms. The molecule has 1 unspecified atom stereocenters. The van der Waals surface area contributed by atoms with E-state index in [0.29, 0.717) is 35.5 Å². The highest BCUT2D eigenvalue weighted by Gasteiger charge is 2.28. The Bertz CT molecular complexity index is 976. The number of amides is 1. The number of rotatable bonds is 4. The zero-order valence-corrected chi connectivity index (χ0v) is 16.6. The topological polar surface area (TPSA) is 68.5 Å². The molecule has 3 aromatic heterocycles. The molecule has 6 nitrogen and oxygen atoms in total. The van der Waals surface area contributed by atoms with Gasteiger partial charge in [0.1, 0.15) is 0 Å². The summed E-state index contributed by atoms with van der Waals surface area (Å²) < 4.78 is 11.2. The number of hydrogen-bond acceptors (Lipinski definition) is 6. The first kappa shape index (κ1) is 18.1. The van der Waals surface area contributed by atoms with Gasteiger partial charge in [-0.15, -0.1) is 11.3 Å². The van der Waals surface area contributed by atoms with Crippen LogP contribution in [0.15, 0.2) is 22.7 Å². The third kappa shape index (κ3) is 3.49. The maximum atomic E-state index is 13.4. The predicted octanol–water partition coefficient (Wildman–Crippen LogP) is 4.21. The average Bonchev–Trinajstić information content (AvgIpc) is 3.27. The van der Waals surface area contributed by atoms with E-state index in [-0.39, 0.29) is 12.0 Å². The largest absolute Gasteiger partial charge is 0.377 e. The molecule has 1 saturated heterocycles. The van der Waals surface area contributed by atoms with Crippen LogP contribution in [0.25, 0.3) is 21.7 Å². The Morgan fingerprint density at radius 1 is 1.41 bits per heavy atom. The number of likely N-dealkylation sites (tertiary alicyclic amines) is 1. The summed E-state index contributed by atoms with van der Waals surface area (Å²) in [6.45, 7) is 7.91. The number of pyridine rings is 1. The Balaban J connectivity index is 1.75. The van der Waals surface area contributed by atoms with E-state index in [4.69, 9.17) is 9.26 Å². The van der Waals surface area contributed by atoms with Crippen LogP contribution in [0.5, 0.6) is 0 Å². The van der Waals surface area contributed by atoms with Crippen molar-refractivity contribution in [2.24, 2.45) is 0 Å². The Morgan fingerprint density at radius 2 is 2.26 bits per heavy atom. The average molecular weight is 385 g/mol. The van der Waals surface area contributed by atoms with Gasteiger partial charge in [-0.25, -0.2) is 4.98 Å². The van der Waals surface area contributed by atoms with Gasteiger partial charge in [0.2, 0.25) is 0 Å². The minimum atomic E-state index is -0.00682. The number of aryl methyl sites for hydroxylation is 2. The third-order valence-corrected chi connectivity index (χ3v) is 5.93. The third-order valence-electron chi connectivity index (χ3n) is 4.91. The second-order valence-electron chi connectivity index (χ2n) is 6.88. The maximum Gasteiger partial charge on any atom is 0.259 e. The van der Waals surface area contributed by atoms with Gasteiger partial charge >= 0.3 is 0 Å². The smallest absolute Gasteiger partial charge is 0.259 e. The van der Waals surface area contributed by atoms with Crippen LogP contribution in [-0.2, 0) is 4.74 Å². The Labute approximate surface area is 162 Å². The van der Waals surface area contributed by atoms with Gasteiger partial charge in [0.25, 0.3) is 11.6 Å². The molecule has 1 aliphatic rings. The standard InChI is InChI=1S/C20H23N3O3S/c1-4-25-14-6-5-9-23(11-14)20(24)15-10-16(17-8-7-12(2)27-17)21-19-18(15)13(3)22-26-19/h7-8,10,14H,4-6,9,11H2,1-3H3. The number of fused-ring (bicyclic) bond motifs is 1. The SMILES string of the molecule is CCOC1CCCN(C(=O)c2cc(-c3ccc(C)s3)nc3onc(C)c23)C1. The molecule has 142 valence electrons. The van der Waals surface area contributed by atoms with Crippen molar-refractivity contribution in [2.45, 2.75) is 39.7 Å². The Morgan fingerprint density at radius 3 is 3.00 bits per heavy atom. The quantitative estimate of drug-likeness (QED) is 0.673. The molecule has 1 fully saturated rings. The first-order valence-electron chi connectivity index (χ1n) is 9.31. The lowest BCUT2D eigenvalue weighted by atomic mass is 10.0. The number of ether oxygens (including phenoxy) is 1. The first-order chi connectivity index (χ1) is 13.1. The number of thiophene rings is 1. The van der Waals surface area contributed by atoms with Gasteiger partial charge in [0.15, 0.2) is 0 Å². The van der Waals surface area contributed by atoms with E-state index in [1.807, 2.05) is 30.9 Å². The molecule has 0 aromatic carbocycles. The van der Waals surface area contributed by atoms with Crippen molar-refractivity contribution >= 4 is 28.3 Å². The van der Waals surface area contributed by atoms with Gasteiger partial charge in [-0.1, -0.05) is 5.16 Å². The maximum absolute atomic E-state index is 13.4. The monoisotopic (exact) mass is 385 g/mol. The predicted molar refractivity (Wildman–Crippen MR) is 105 cm³/mol. The number of aromatic nitrogens is 2. The van der Waals surface area contributed by atoms with Gasteiger partial charge < -0.3 is 14.2 Å². The van der Waals surface area contributed by atoms with E-state index < -0.39 is 0 Å². The van der Waals surface area contributed by atoms with E-state index in [9.17, 15) is 4.79 Å². The van der Waals surface area contributed by atoms with Crippen molar-refractivity contribution in [3.05, 3.63) is 34.3 Å². The van der Waals surface area contributed by atoms with Gasteiger partial charge in [-0.3, -0.25) is 4.79 Å². The number of hydrogen-bond donors (Lipinski definition) is 0. The summed E-state index contributed by atoms with van der Waals surface area (Å²) >= 11 is 1.65. The number of carbonyl (C=O) groups excluding carboxylic acids is 1. The molecular weight excluding hydrogens is 362 g/mol. The zero-order valence-electron chi connectivity index (χ0n) is 15.8. The Kier molecular flexibility index (Phi) is 4.97. The molecule has 27 heavy (non-hydrogen) atoms. The van der Waals surface area contributed by atoms with Crippen LogP contribution < -0.4 is 0 Å². The van der Waals surface area contributed by atoms with Gasteiger partial charge in [-0.2, -0.15) is 0 Å². The van der Waals surface area contributed by atoms with Crippen LogP contribution >= 0.6 is 11.3 Å². The fourth-order valence-corrected chi connectivity index (χ4v) is 4.45. The van der Waals surface area contributed by atoms with E-state index in [0.717, 1.165) is 30.0 Å². The molecule has 0 saturated carbocycles. The van der Waals surface area contributed by atoms with Crippen LogP contribution in [0.1, 0.15) is 40.7 Å². The molecule has 0 spiro atoms. The molecule has 1 amide bonds. The minimum absolute atomic E-state index is 0.00682. The Hall–Kier alpha value is -2.25. The summed E-state index contributed by atoms with van der Waals surface area (Å²) in [6.07, 6.45) is 2.05. The summed E-state index contributed by atoms with van der Waals surface area (Å²) in [5.74, 6) is -0.00682. The summed E-state index contributed by atoms with van der Waals surface area (Å²) in [4.78, 5) is 22.1.